The molecule has 0 aliphatic carbocycles. The first kappa shape index (κ1) is 15.6. The van der Waals surface area contributed by atoms with Gasteiger partial charge in [-0.25, -0.2) is 4.79 Å². The van der Waals surface area contributed by atoms with Crippen molar-refractivity contribution in [1.29, 1.82) is 0 Å². The lowest BCUT2D eigenvalue weighted by atomic mass is 10.2. The van der Waals surface area contributed by atoms with Crippen LogP contribution < -0.4 is 0 Å². The normalized spacial score (nSPS) is 10.5. The van der Waals surface area contributed by atoms with Crippen LogP contribution in [0.15, 0.2) is 32.9 Å². The molecule has 0 saturated heterocycles. The van der Waals surface area contributed by atoms with Crippen LogP contribution in [0.3, 0.4) is 0 Å². The molecule has 18 heavy (non-hydrogen) atoms. The molecule has 0 heterocycles. The first-order chi connectivity index (χ1) is 8.41. The van der Waals surface area contributed by atoms with Crippen molar-refractivity contribution in [1.82, 2.24) is 0 Å². The Balaban J connectivity index is 2.72. The van der Waals surface area contributed by atoms with E-state index in [9.17, 15) is 4.79 Å². The number of carbonyl (C=O) groups excluding carboxylic acids is 1. The molecule has 0 aliphatic rings. The van der Waals surface area contributed by atoms with E-state index in [0.717, 1.165) is 0 Å². The van der Waals surface area contributed by atoms with E-state index in [-0.39, 0.29) is 0 Å². The average molecular weight is 347 g/mol. The van der Waals surface area contributed by atoms with E-state index in [1.165, 1.54) is 12.3 Å². The highest BCUT2D eigenvalue weighted by molar-refractivity contribution is 6.62. The second-order valence-corrected chi connectivity index (χ2v) is 5.02. The third-order valence-electron chi connectivity index (χ3n) is 1.64. The van der Waals surface area contributed by atoms with Gasteiger partial charge in [0.25, 0.3) is 0 Å². The predicted molar refractivity (Wildman–Crippen MR) is 74.7 cm³/mol. The third kappa shape index (κ3) is 4.67. The van der Waals surface area contributed by atoms with Gasteiger partial charge in [0.1, 0.15) is 4.49 Å². The fourth-order valence-electron chi connectivity index (χ4n) is 0.854. The summed E-state index contributed by atoms with van der Waals surface area (Å²) in [6.45, 7) is 0. The maximum atomic E-state index is 11.2. The molecule has 0 radical (unpaired) electrons. The summed E-state index contributed by atoms with van der Waals surface area (Å²) in [6, 6.07) is 4.74. The number of nitrogens with zero attached hydrogens (tertiary/aromatic N) is 1. The molecule has 96 valence electrons. The van der Waals surface area contributed by atoms with Crippen LogP contribution in [-0.2, 0) is 9.63 Å². The van der Waals surface area contributed by atoms with E-state index < -0.39 is 15.5 Å². The van der Waals surface area contributed by atoms with E-state index in [0.29, 0.717) is 15.6 Å². The summed E-state index contributed by atoms with van der Waals surface area (Å²) in [4.78, 5) is 15.6. The number of halogens is 5. The van der Waals surface area contributed by atoms with Gasteiger partial charge >= 0.3 is 5.97 Å². The molecular formula is C10H4Cl5NO2. The number of hydrogen-bond acceptors (Lipinski definition) is 3. The Labute approximate surface area is 128 Å². The van der Waals surface area contributed by atoms with E-state index in [1.54, 1.807) is 12.1 Å². The zero-order valence-electron chi connectivity index (χ0n) is 8.46. The van der Waals surface area contributed by atoms with Gasteiger partial charge in [0.05, 0.1) is 11.2 Å². The third-order valence-corrected chi connectivity index (χ3v) is 3.11. The van der Waals surface area contributed by atoms with Gasteiger partial charge in [0.15, 0.2) is 5.03 Å². The van der Waals surface area contributed by atoms with Gasteiger partial charge < -0.3 is 4.84 Å². The lowest BCUT2D eigenvalue weighted by Gasteiger charge is -1.98. The highest BCUT2D eigenvalue weighted by Gasteiger charge is 2.12. The van der Waals surface area contributed by atoms with Crippen LogP contribution in [0.25, 0.3) is 0 Å². The zero-order chi connectivity index (χ0) is 13.7. The van der Waals surface area contributed by atoms with Gasteiger partial charge in [0, 0.05) is 10.6 Å². The maximum Gasteiger partial charge on any atom is 0.379 e. The Morgan fingerprint density at radius 2 is 1.89 bits per heavy atom. The first-order valence-corrected chi connectivity index (χ1v) is 6.21. The fraction of sp³-hybridized carbons (Fsp3) is 0. The van der Waals surface area contributed by atoms with Crippen LogP contribution in [0.2, 0.25) is 10.0 Å². The minimum absolute atomic E-state index is 0.360. The van der Waals surface area contributed by atoms with E-state index in [4.69, 9.17) is 58.0 Å². The number of oxime groups is 1. The van der Waals surface area contributed by atoms with Crippen LogP contribution in [0.5, 0.6) is 0 Å². The second kappa shape index (κ2) is 7.22. The summed E-state index contributed by atoms with van der Waals surface area (Å²) < 4.78 is -0.401. The quantitative estimate of drug-likeness (QED) is 0.342. The number of rotatable bonds is 3. The summed E-state index contributed by atoms with van der Waals surface area (Å²) in [5.41, 5.74) is 0.519. The molecule has 0 N–H and O–H groups in total. The molecule has 0 bridgehead atoms. The summed E-state index contributed by atoms with van der Waals surface area (Å²) in [5.74, 6) is -0.974. The summed E-state index contributed by atoms with van der Waals surface area (Å²) in [7, 11) is 0. The Bertz CT molecular complexity index is 523. The topological polar surface area (TPSA) is 38.7 Å². The van der Waals surface area contributed by atoms with Crippen LogP contribution in [0.1, 0.15) is 5.56 Å². The number of carbonyl (C=O) groups is 1. The lowest BCUT2D eigenvalue weighted by molar-refractivity contribution is -0.138. The van der Waals surface area contributed by atoms with Crippen molar-refractivity contribution in [3.63, 3.8) is 0 Å². The Hall–Kier alpha value is -0.450. The largest absolute Gasteiger partial charge is 0.379 e. The smallest absolute Gasteiger partial charge is 0.312 e. The fourth-order valence-corrected chi connectivity index (χ4v) is 1.50. The van der Waals surface area contributed by atoms with Crippen LogP contribution in [0, 0.1) is 0 Å². The molecule has 0 unspecified atom stereocenters. The standard InChI is InChI=1S/C10H4Cl5NO2/c11-6-2-1-5(7(12)3-6)4-16-18-10(17)8(13)9(14)15/h1-4H/b16-4+. The summed E-state index contributed by atoms with van der Waals surface area (Å²) in [5, 5.41) is 3.78. The Morgan fingerprint density at radius 3 is 2.44 bits per heavy atom. The SMILES string of the molecule is O=C(O/N=C/c1ccc(Cl)cc1Cl)C(Cl)=C(Cl)Cl. The van der Waals surface area contributed by atoms with Crippen molar-refractivity contribution in [2.45, 2.75) is 0 Å². The van der Waals surface area contributed by atoms with Crippen molar-refractivity contribution < 1.29 is 9.63 Å². The highest BCUT2D eigenvalue weighted by atomic mass is 35.5. The van der Waals surface area contributed by atoms with Crippen LogP contribution in [0.4, 0.5) is 0 Å². The van der Waals surface area contributed by atoms with Gasteiger partial charge in [-0.2, -0.15) is 0 Å². The number of benzene rings is 1. The van der Waals surface area contributed by atoms with Gasteiger partial charge in [-0.1, -0.05) is 69.2 Å². The molecule has 0 amide bonds. The Kier molecular flexibility index (Phi) is 6.26. The molecule has 0 spiro atoms. The molecular weight excluding hydrogens is 343 g/mol. The van der Waals surface area contributed by atoms with Crippen LogP contribution in [-0.4, -0.2) is 12.2 Å². The molecule has 1 rings (SSSR count). The molecule has 8 heteroatoms. The van der Waals surface area contributed by atoms with Crippen molar-refractivity contribution in [2.75, 3.05) is 0 Å². The molecule has 3 nitrogen and oxygen atoms in total. The summed E-state index contributed by atoms with van der Waals surface area (Å²) >= 11 is 27.6. The summed E-state index contributed by atoms with van der Waals surface area (Å²) in [6.07, 6.45) is 1.23. The maximum absolute atomic E-state index is 11.2. The molecule has 1 aromatic carbocycles. The van der Waals surface area contributed by atoms with Crippen molar-refractivity contribution in [3.05, 3.63) is 43.3 Å². The van der Waals surface area contributed by atoms with Crippen molar-refractivity contribution in [2.24, 2.45) is 5.16 Å². The minimum atomic E-state index is -0.974. The monoisotopic (exact) mass is 345 g/mol. The highest BCUT2D eigenvalue weighted by Crippen LogP contribution is 2.20. The Morgan fingerprint density at radius 1 is 1.22 bits per heavy atom. The van der Waals surface area contributed by atoms with Crippen molar-refractivity contribution >= 4 is 70.2 Å². The minimum Gasteiger partial charge on any atom is -0.312 e. The second-order valence-electron chi connectivity index (χ2n) is 2.85. The molecule has 1 aromatic rings. The molecule has 0 fully saturated rings. The molecule has 0 aromatic heterocycles. The van der Waals surface area contributed by atoms with Crippen molar-refractivity contribution in [3.8, 4) is 0 Å². The average Bonchev–Trinajstić information content (AvgIpc) is 2.30. The van der Waals surface area contributed by atoms with Gasteiger partial charge in [-0.05, 0) is 12.1 Å². The van der Waals surface area contributed by atoms with Gasteiger partial charge in [-0.3, -0.25) is 0 Å². The van der Waals surface area contributed by atoms with Crippen LogP contribution >= 0.6 is 58.0 Å². The van der Waals surface area contributed by atoms with Gasteiger partial charge in [0.2, 0.25) is 0 Å². The molecule has 0 atom stereocenters. The van der Waals surface area contributed by atoms with E-state index in [2.05, 4.69) is 9.99 Å². The van der Waals surface area contributed by atoms with E-state index >= 15 is 0 Å². The lowest BCUT2D eigenvalue weighted by Crippen LogP contribution is -2.00. The van der Waals surface area contributed by atoms with E-state index in [1.807, 2.05) is 0 Å². The predicted octanol–water partition coefficient (Wildman–Crippen LogP) is 4.76. The van der Waals surface area contributed by atoms with Gasteiger partial charge in [-0.15, -0.1) is 0 Å². The number of hydrogen-bond donors (Lipinski definition) is 0. The molecule has 0 aliphatic heterocycles. The zero-order valence-corrected chi connectivity index (χ0v) is 12.2. The first-order valence-electron chi connectivity index (χ1n) is 4.32. The molecule has 0 saturated carbocycles.